The highest BCUT2D eigenvalue weighted by atomic mass is 16.1. The van der Waals surface area contributed by atoms with Crippen LogP contribution in [-0.4, -0.2) is 36.6 Å². The molecule has 0 spiro atoms. The van der Waals surface area contributed by atoms with Gasteiger partial charge in [-0.2, -0.15) is 0 Å². The second-order valence-corrected chi connectivity index (χ2v) is 10.5. The van der Waals surface area contributed by atoms with Gasteiger partial charge in [0.05, 0.1) is 11.6 Å². The van der Waals surface area contributed by atoms with E-state index in [2.05, 4.69) is 97.3 Å². The van der Waals surface area contributed by atoms with E-state index in [4.69, 9.17) is 0 Å². The van der Waals surface area contributed by atoms with Crippen molar-refractivity contribution in [2.24, 2.45) is 0 Å². The zero-order valence-corrected chi connectivity index (χ0v) is 22.4. The van der Waals surface area contributed by atoms with Gasteiger partial charge in [0.15, 0.2) is 5.82 Å². The molecule has 7 nitrogen and oxygen atoms in total. The van der Waals surface area contributed by atoms with E-state index in [1.54, 1.807) is 0 Å². The standard InChI is InChI=1S/C29H38N6O/c1-7-26(27-31-32-33-35(27)29(5,6)8-2)34(15-14-22-11-9-10-20(3)16-22)19-24-18-23-17-21(4)12-13-25(23)30-28(24)36/h9-13,16-18,26H,7-8,14-15,19H2,1-6H3,(H,30,36)/t26-/m1/s1. The molecule has 2 aromatic carbocycles. The van der Waals surface area contributed by atoms with Gasteiger partial charge in [-0.1, -0.05) is 55.3 Å². The Hall–Kier alpha value is -3.32. The Morgan fingerprint density at radius 1 is 1.06 bits per heavy atom. The molecule has 4 rings (SSSR count). The summed E-state index contributed by atoms with van der Waals surface area (Å²) in [6.07, 6.45) is 2.62. The molecule has 0 aliphatic rings. The van der Waals surface area contributed by atoms with E-state index in [1.165, 1.54) is 16.7 Å². The van der Waals surface area contributed by atoms with E-state index in [0.29, 0.717) is 6.54 Å². The summed E-state index contributed by atoms with van der Waals surface area (Å²) in [7, 11) is 0. The fourth-order valence-electron chi connectivity index (χ4n) is 4.78. The summed E-state index contributed by atoms with van der Waals surface area (Å²) < 4.78 is 1.97. The number of hydrogen-bond donors (Lipinski definition) is 1. The van der Waals surface area contributed by atoms with Crippen LogP contribution in [0.3, 0.4) is 0 Å². The number of tetrazole rings is 1. The lowest BCUT2D eigenvalue weighted by atomic mass is 10.0. The molecule has 0 unspecified atom stereocenters. The average Bonchev–Trinajstić information content (AvgIpc) is 3.34. The number of H-pyrrole nitrogens is 1. The van der Waals surface area contributed by atoms with E-state index in [9.17, 15) is 4.79 Å². The van der Waals surface area contributed by atoms with Gasteiger partial charge in [0, 0.05) is 24.2 Å². The molecule has 0 amide bonds. The number of nitrogens with zero attached hydrogens (tertiary/aromatic N) is 5. The average molecular weight is 487 g/mol. The van der Waals surface area contributed by atoms with E-state index in [-0.39, 0.29) is 17.1 Å². The van der Waals surface area contributed by atoms with Crippen molar-refractivity contribution in [1.82, 2.24) is 30.1 Å². The largest absolute Gasteiger partial charge is 0.322 e. The quantitative estimate of drug-likeness (QED) is 0.321. The number of rotatable bonds is 10. The van der Waals surface area contributed by atoms with Crippen LogP contribution in [0, 0.1) is 13.8 Å². The summed E-state index contributed by atoms with van der Waals surface area (Å²) >= 11 is 0. The monoisotopic (exact) mass is 486 g/mol. The Kier molecular flexibility index (Phi) is 7.69. The van der Waals surface area contributed by atoms with Crippen molar-refractivity contribution in [3.63, 3.8) is 0 Å². The van der Waals surface area contributed by atoms with E-state index in [0.717, 1.165) is 48.1 Å². The molecule has 0 aliphatic heterocycles. The van der Waals surface area contributed by atoms with Crippen molar-refractivity contribution < 1.29 is 0 Å². The summed E-state index contributed by atoms with van der Waals surface area (Å²) in [6, 6.07) is 16.7. The Morgan fingerprint density at radius 2 is 1.83 bits per heavy atom. The van der Waals surface area contributed by atoms with Crippen molar-refractivity contribution in [1.29, 1.82) is 0 Å². The Balaban J connectivity index is 1.73. The second-order valence-electron chi connectivity index (χ2n) is 10.5. The Bertz CT molecular complexity index is 1390. The van der Waals surface area contributed by atoms with Crippen molar-refractivity contribution >= 4 is 10.9 Å². The minimum Gasteiger partial charge on any atom is -0.322 e. The highest BCUT2D eigenvalue weighted by Crippen LogP contribution is 2.29. The highest BCUT2D eigenvalue weighted by Gasteiger charge is 2.31. The maximum atomic E-state index is 13.1. The predicted molar refractivity (Wildman–Crippen MR) is 145 cm³/mol. The molecule has 7 heteroatoms. The summed E-state index contributed by atoms with van der Waals surface area (Å²) in [5, 5.41) is 14.0. The van der Waals surface area contributed by atoms with Crippen LogP contribution in [0.2, 0.25) is 0 Å². The Labute approximate surface area is 213 Å². The minimum absolute atomic E-state index is 0.0248. The first-order chi connectivity index (χ1) is 17.2. The minimum atomic E-state index is -0.202. The maximum absolute atomic E-state index is 13.1. The van der Waals surface area contributed by atoms with E-state index in [1.807, 2.05) is 22.9 Å². The van der Waals surface area contributed by atoms with Crippen molar-refractivity contribution in [2.45, 2.75) is 78.9 Å². The molecular formula is C29H38N6O. The van der Waals surface area contributed by atoms with Crippen molar-refractivity contribution in [3.05, 3.63) is 87.0 Å². The third-order valence-corrected chi connectivity index (χ3v) is 7.28. The SMILES string of the molecule is CC[C@H](c1nnnn1C(C)(C)CC)N(CCc1cccc(C)c1)Cc1cc2cc(C)ccc2[nH]c1=O. The lowest BCUT2D eigenvalue weighted by molar-refractivity contribution is 0.160. The van der Waals surface area contributed by atoms with Gasteiger partial charge in [-0.15, -0.1) is 5.10 Å². The molecule has 2 aromatic heterocycles. The maximum Gasteiger partial charge on any atom is 0.252 e. The normalized spacial score (nSPS) is 13.0. The molecule has 4 aromatic rings. The zero-order chi connectivity index (χ0) is 25.9. The molecule has 1 atom stereocenters. The number of aryl methyl sites for hydroxylation is 2. The summed E-state index contributed by atoms with van der Waals surface area (Å²) in [4.78, 5) is 18.6. The molecular weight excluding hydrogens is 448 g/mol. The molecule has 0 fully saturated rings. The van der Waals surface area contributed by atoms with Crippen molar-refractivity contribution in [3.8, 4) is 0 Å². The van der Waals surface area contributed by atoms with Crippen LogP contribution in [0.25, 0.3) is 10.9 Å². The van der Waals surface area contributed by atoms with Gasteiger partial charge >= 0.3 is 0 Å². The van der Waals surface area contributed by atoms with Gasteiger partial charge in [0.1, 0.15) is 0 Å². The molecule has 36 heavy (non-hydrogen) atoms. The van der Waals surface area contributed by atoms with Gasteiger partial charge < -0.3 is 4.98 Å². The first kappa shape index (κ1) is 25.8. The number of nitrogens with one attached hydrogen (secondary N) is 1. The van der Waals surface area contributed by atoms with E-state index < -0.39 is 0 Å². The fourth-order valence-corrected chi connectivity index (χ4v) is 4.78. The number of aromatic amines is 1. The third-order valence-electron chi connectivity index (χ3n) is 7.28. The van der Waals surface area contributed by atoms with Crippen LogP contribution in [0.5, 0.6) is 0 Å². The zero-order valence-electron chi connectivity index (χ0n) is 22.4. The van der Waals surface area contributed by atoms with Gasteiger partial charge in [0.25, 0.3) is 5.56 Å². The van der Waals surface area contributed by atoms with Crippen LogP contribution in [0.4, 0.5) is 0 Å². The fraction of sp³-hybridized carbons (Fsp3) is 0.448. The molecule has 0 saturated heterocycles. The number of hydrogen-bond acceptors (Lipinski definition) is 5. The molecule has 1 N–H and O–H groups in total. The summed E-state index contributed by atoms with van der Waals surface area (Å²) in [5.41, 5.74) is 5.07. The van der Waals surface area contributed by atoms with Gasteiger partial charge in [0.2, 0.25) is 0 Å². The third kappa shape index (κ3) is 5.57. The van der Waals surface area contributed by atoms with Crippen LogP contribution in [-0.2, 0) is 18.5 Å². The van der Waals surface area contributed by atoms with Crippen LogP contribution in [0.1, 0.15) is 74.7 Å². The van der Waals surface area contributed by atoms with Crippen molar-refractivity contribution in [2.75, 3.05) is 6.54 Å². The van der Waals surface area contributed by atoms with Gasteiger partial charge in [-0.3, -0.25) is 9.69 Å². The number of aromatic nitrogens is 5. The lowest BCUT2D eigenvalue weighted by Gasteiger charge is -2.33. The number of benzene rings is 2. The van der Waals surface area contributed by atoms with Crippen LogP contribution in [0.15, 0.2) is 53.3 Å². The molecule has 0 bridgehead atoms. The van der Waals surface area contributed by atoms with Gasteiger partial charge in [-0.05, 0) is 86.5 Å². The number of pyridine rings is 1. The second kappa shape index (κ2) is 10.7. The van der Waals surface area contributed by atoms with Crippen LogP contribution < -0.4 is 5.56 Å². The molecule has 0 saturated carbocycles. The first-order valence-corrected chi connectivity index (χ1v) is 12.9. The molecule has 0 aliphatic carbocycles. The lowest BCUT2D eigenvalue weighted by Crippen LogP contribution is -2.37. The smallest absolute Gasteiger partial charge is 0.252 e. The van der Waals surface area contributed by atoms with Gasteiger partial charge in [-0.25, -0.2) is 4.68 Å². The van der Waals surface area contributed by atoms with Crippen LogP contribution >= 0.6 is 0 Å². The molecule has 2 heterocycles. The predicted octanol–water partition coefficient (Wildman–Crippen LogP) is 5.47. The molecule has 0 radical (unpaired) electrons. The Morgan fingerprint density at radius 3 is 2.56 bits per heavy atom. The molecule has 190 valence electrons. The first-order valence-electron chi connectivity index (χ1n) is 12.9. The van der Waals surface area contributed by atoms with E-state index >= 15 is 0 Å². The topological polar surface area (TPSA) is 79.7 Å². The summed E-state index contributed by atoms with van der Waals surface area (Å²) in [6.45, 7) is 14.1. The number of fused-ring (bicyclic) bond motifs is 1. The highest BCUT2D eigenvalue weighted by molar-refractivity contribution is 5.79. The summed E-state index contributed by atoms with van der Waals surface area (Å²) in [5.74, 6) is 0.849.